The zero-order chi connectivity index (χ0) is 36.3. The molecular formula is C38H47FN4O9. The summed E-state index contributed by atoms with van der Waals surface area (Å²) in [5.74, 6) is 0.546. The molecule has 1 N–H and O–H groups in total. The number of rotatable bonds is 17. The maximum atomic E-state index is 13.8. The summed E-state index contributed by atoms with van der Waals surface area (Å²) in [7, 11) is 1.71. The lowest BCUT2D eigenvalue weighted by Gasteiger charge is -2.38. The van der Waals surface area contributed by atoms with Crippen molar-refractivity contribution in [1.82, 2.24) is 5.32 Å². The molecule has 0 bridgehead atoms. The van der Waals surface area contributed by atoms with Crippen LogP contribution < -0.4 is 24.6 Å². The molecular weight excluding hydrogens is 675 g/mol. The summed E-state index contributed by atoms with van der Waals surface area (Å²) in [4.78, 5) is 32.2. The highest BCUT2D eigenvalue weighted by atomic mass is 19.1. The lowest BCUT2D eigenvalue weighted by molar-refractivity contribution is -0.757. The molecule has 3 aromatic carbocycles. The molecule has 52 heavy (non-hydrogen) atoms. The van der Waals surface area contributed by atoms with Gasteiger partial charge < -0.3 is 43.6 Å². The number of halogens is 1. The van der Waals surface area contributed by atoms with Crippen LogP contribution in [0.5, 0.6) is 11.5 Å². The number of carbonyl (C=O) groups excluding carboxylic acids is 1. The maximum absolute atomic E-state index is 13.8. The number of benzene rings is 3. The fourth-order valence-electron chi connectivity index (χ4n) is 7.09. The highest BCUT2D eigenvalue weighted by Gasteiger charge is 2.38. The summed E-state index contributed by atoms with van der Waals surface area (Å²) in [6, 6.07) is 20.5. The van der Waals surface area contributed by atoms with Gasteiger partial charge in [-0.3, -0.25) is 4.79 Å². The largest absolute Gasteiger partial charge is 0.490 e. The molecule has 3 aliphatic rings. The summed E-state index contributed by atoms with van der Waals surface area (Å²) in [5.41, 5.74) is 3.81. The molecule has 280 valence electrons. The van der Waals surface area contributed by atoms with Crippen LogP contribution >= 0.6 is 0 Å². The van der Waals surface area contributed by atoms with Crippen LogP contribution in [-0.4, -0.2) is 95.6 Å². The van der Waals surface area contributed by atoms with Crippen molar-refractivity contribution in [2.75, 3.05) is 76.0 Å². The Bertz CT molecular complexity index is 1630. The molecule has 14 heteroatoms. The first-order valence-corrected chi connectivity index (χ1v) is 17.9. The van der Waals surface area contributed by atoms with Crippen LogP contribution in [0, 0.1) is 15.9 Å². The number of nitrogens with zero attached hydrogens (tertiary/aromatic N) is 3. The molecule has 0 radical (unpaired) electrons. The van der Waals surface area contributed by atoms with Gasteiger partial charge in [-0.15, -0.1) is 10.1 Å². The SMILES string of the molecule is COCCCN1CCOc2ccc(COC3CNCC(OC(=O)CCCO[N+](=O)[O-])C3c3ccc(OC4CCN(c5cccc(F)c5)C4)cc3)cc21. The maximum Gasteiger partial charge on any atom is 0.306 e. The van der Waals surface area contributed by atoms with E-state index in [-0.39, 0.29) is 43.4 Å². The van der Waals surface area contributed by atoms with Crippen LogP contribution in [0.25, 0.3) is 0 Å². The van der Waals surface area contributed by atoms with Crippen LogP contribution in [0.1, 0.15) is 42.7 Å². The van der Waals surface area contributed by atoms with Crippen LogP contribution in [0.2, 0.25) is 0 Å². The first-order chi connectivity index (χ1) is 25.4. The van der Waals surface area contributed by atoms with Gasteiger partial charge in [0, 0.05) is 64.3 Å². The van der Waals surface area contributed by atoms with E-state index >= 15 is 0 Å². The van der Waals surface area contributed by atoms with Gasteiger partial charge in [-0.25, -0.2) is 4.39 Å². The third-order valence-corrected chi connectivity index (χ3v) is 9.61. The minimum atomic E-state index is -0.872. The van der Waals surface area contributed by atoms with Gasteiger partial charge in [-0.2, -0.15) is 0 Å². The highest BCUT2D eigenvalue weighted by Crippen LogP contribution is 2.35. The molecule has 0 aromatic heterocycles. The lowest BCUT2D eigenvalue weighted by atomic mass is 9.85. The fraction of sp³-hybridized carbons (Fsp3) is 0.500. The number of esters is 1. The molecule has 4 atom stereocenters. The number of hydrogen-bond acceptors (Lipinski definition) is 12. The number of piperidine rings is 1. The highest BCUT2D eigenvalue weighted by molar-refractivity contribution is 5.69. The third kappa shape index (κ3) is 10.0. The number of anilines is 2. The van der Waals surface area contributed by atoms with Gasteiger partial charge in [0.2, 0.25) is 0 Å². The number of fused-ring (bicyclic) bond motifs is 1. The van der Waals surface area contributed by atoms with Gasteiger partial charge in [0.1, 0.15) is 36.1 Å². The Hall–Kier alpha value is -4.66. The molecule has 0 aliphatic carbocycles. The average Bonchev–Trinajstić information content (AvgIpc) is 3.62. The van der Waals surface area contributed by atoms with Crippen LogP contribution in [0.15, 0.2) is 66.7 Å². The number of nitrogens with one attached hydrogen (secondary N) is 1. The second-order valence-electron chi connectivity index (χ2n) is 13.2. The van der Waals surface area contributed by atoms with E-state index in [2.05, 4.69) is 26.0 Å². The predicted molar refractivity (Wildman–Crippen MR) is 191 cm³/mol. The zero-order valence-electron chi connectivity index (χ0n) is 29.5. The van der Waals surface area contributed by atoms with E-state index < -0.39 is 17.2 Å². The molecule has 6 rings (SSSR count). The monoisotopic (exact) mass is 722 g/mol. The average molecular weight is 723 g/mol. The van der Waals surface area contributed by atoms with Gasteiger partial charge in [0.05, 0.1) is 38.1 Å². The van der Waals surface area contributed by atoms with Crippen molar-refractivity contribution in [1.29, 1.82) is 0 Å². The third-order valence-electron chi connectivity index (χ3n) is 9.61. The van der Waals surface area contributed by atoms with Crippen molar-refractivity contribution in [3.63, 3.8) is 0 Å². The van der Waals surface area contributed by atoms with E-state index in [9.17, 15) is 19.3 Å². The van der Waals surface area contributed by atoms with E-state index in [4.69, 9.17) is 23.7 Å². The Morgan fingerprint density at radius 2 is 1.88 bits per heavy atom. The minimum Gasteiger partial charge on any atom is -0.490 e. The molecule has 13 nitrogen and oxygen atoms in total. The Labute approximate surface area is 303 Å². The summed E-state index contributed by atoms with van der Waals surface area (Å²) in [6.07, 6.45) is 0.948. The minimum absolute atomic E-state index is 0.0124. The van der Waals surface area contributed by atoms with Crippen LogP contribution in [0.3, 0.4) is 0 Å². The number of methoxy groups -OCH3 is 1. The van der Waals surface area contributed by atoms with E-state index in [0.29, 0.717) is 45.2 Å². The van der Waals surface area contributed by atoms with E-state index in [0.717, 1.165) is 60.7 Å². The molecule has 0 spiro atoms. The van der Waals surface area contributed by atoms with Crippen molar-refractivity contribution in [3.8, 4) is 11.5 Å². The molecule has 2 fully saturated rings. The normalized spacial score (nSPS) is 21.3. The van der Waals surface area contributed by atoms with Gasteiger partial charge in [0.25, 0.3) is 5.09 Å². The first-order valence-electron chi connectivity index (χ1n) is 17.9. The summed E-state index contributed by atoms with van der Waals surface area (Å²) in [6.45, 7) is 5.52. The van der Waals surface area contributed by atoms with E-state index in [1.54, 1.807) is 13.2 Å². The Morgan fingerprint density at radius 3 is 2.69 bits per heavy atom. The second-order valence-corrected chi connectivity index (χ2v) is 13.2. The number of ether oxygens (including phenoxy) is 5. The smallest absolute Gasteiger partial charge is 0.306 e. The number of carbonyl (C=O) groups is 1. The molecule has 3 aliphatic heterocycles. The molecule has 4 unspecified atom stereocenters. The lowest BCUT2D eigenvalue weighted by Crippen LogP contribution is -2.51. The Kier molecular flexibility index (Phi) is 13.0. The van der Waals surface area contributed by atoms with Crippen molar-refractivity contribution in [2.24, 2.45) is 0 Å². The first kappa shape index (κ1) is 37.1. The Balaban J connectivity index is 1.14. The topological polar surface area (TPSA) is 134 Å². The fourth-order valence-corrected chi connectivity index (χ4v) is 7.09. The molecule has 0 saturated carbocycles. The van der Waals surface area contributed by atoms with Gasteiger partial charge in [-0.05, 0) is 66.4 Å². The van der Waals surface area contributed by atoms with Crippen molar-refractivity contribution in [2.45, 2.75) is 56.5 Å². The van der Waals surface area contributed by atoms with E-state index in [1.807, 2.05) is 42.5 Å². The van der Waals surface area contributed by atoms with Gasteiger partial charge in [-0.1, -0.05) is 24.3 Å². The molecule has 2 saturated heterocycles. The molecule has 0 amide bonds. The summed E-state index contributed by atoms with van der Waals surface area (Å²) >= 11 is 0. The summed E-state index contributed by atoms with van der Waals surface area (Å²) in [5, 5.41) is 13.0. The van der Waals surface area contributed by atoms with E-state index in [1.165, 1.54) is 12.1 Å². The van der Waals surface area contributed by atoms with Crippen LogP contribution in [-0.2, 0) is 30.4 Å². The van der Waals surface area contributed by atoms with Crippen LogP contribution in [0.4, 0.5) is 15.8 Å². The van der Waals surface area contributed by atoms with Crippen molar-refractivity contribution in [3.05, 3.63) is 93.8 Å². The standard InChI is InChI=1S/C38H47FN4O9/c1-47-18-4-15-41-17-20-48-34-13-8-27(21-33(34)41)26-49-35-23-40-24-36(52-37(44)7-3-19-50-43(45)46)38(35)28-9-11-31(12-10-28)51-32-14-16-42(25-32)30-6-2-5-29(39)22-30/h2,5-6,8-13,21-22,32,35-36,38,40H,3-4,7,14-20,23-26H2,1H3. The molecule has 3 aromatic rings. The summed E-state index contributed by atoms with van der Waals surface area (Å²) < 4.78 is 43.9. The second kappa shape index (κ2) is 18.2. The Morgan fingerprint density at radius 1 is 1.04 bits per heavy atom. The zero-order valence-corrected chi connectivity index (χ0v) is 29.5. The predicted octanol–water partition coefficient (Wildman–Crippen LogP) is 4.89. The van der Waals surface area contributed by atoms with Crippen molar-refractivity contribution < 1.29 is 42.8 Å². The van der Waals surface area contributed by atoms with Gasteiger partial charge in [0.15, 0.2) is 0 Å². The van der Waals surface area contributed by atoms with Gasteiger partial charge >= 0.3 is 5.97 Å². The van der Waals surface area contributed by atoms with Crippen molar-refractivity contribution >= 4 is 17.3 Å². The quantitative estimate of drug-likeness (QED) is 0.0880. The number of hydrogen-bond donors (Lipinski definition) is 1. The molecule has 3 heterocycles.